The van der Waals surface area contributed by atoms with Crippen molar-refractivity contribution >= 4 is 0 Å². The molecule has 2 aromatic carbocycles. The Labute approximate surface area is 142 Å². The van der Waals surface area contributed by atoms with Crippen molar-refractivity contribution in [2.45, 2.75) is 18.9 Å². The Hall–Kier alpha value is -2.89. The molecule has 1 atom stereocenters. The van der Waals surface area contributed by atoms with Gasteiger partial charge in [-0.2, -0.15) is 0 Å². The second kappa shape index (κ2) is 7.12. The first-order valence-corrected chi connectivity index (χ1v) is 7.94. The van der Waals surface area contributed by atoms with E-state index in [9.17, 15) is 5.11 Å². The van der Waals surface area contributed by atoms with Crippen molar-refractivity contribution in [3.8, 4) is 11.8 Å². The van der Waals surface area contributed by atoms with Crippen molar-refractivity contribution in [2.75, 3.05) is 0 Å². The van der Waals surface area contributed by atoms with E-state index in [-0.39, 0.29) is 0 Å². The molecule has 0 unspecified atom stereocenters. The molecule has 0 saturated heterocycles. The van der Waals surface area contributed by atoms with Crippen molar-refractivity contribution in [3.63, 3.8) is 0 Å². The number of hydrogen-bond acceptors (Lipinski definition) is 2. The van der Waals surface area contributed by atoms with Gasteiger partial charge in [0.25, 0.3) is 0 Å². The Morgan fingerprint density at radius 1 is 0.875 bits per heavy atom. The normalized spacial score (nSPS) is 12.8. The zero-order valence-electron chi connectivity index (χ0n) is 13.6. The van der Waals surface area contributed by atoms with Crippen LogP contribution in [0.3, 0.4) is 0 Å². The van der Waals surface area contributed by atoms with Crippen molar-refractivity contribution in [1.29, 1.82) is 0 Å². The third kappa shape index (κ3) is 3.90. The van der Waals surface area contributed by atoms with Gasteiger partial charge in [0, 0.05) is 23.4 Å². The molecule has 2 heteroatoms. The lowest BCUT2D eigenvalue weighted by Gasteiger charge is -2.22. The number of nitrogens with zero attached hydrogens (tertiary/aromatic N) is 1. The van der Waals surface area contributed by atoms with Crippen LogP contribution in [0.2, 0.25) is 0 Å². The number of aliphatic hydroxyl groups is 1. The number of benzene rings is 2. The summed E-state index contributed by atoms with van der Waals surface area (Å²) in [5.41, 5.74) is 2.13. The van der Waals surface area contributed by atoms with Gasteiger partial charge in [-0.25, -0.2) is 0 Å². The molecule has 3 rings (SSSR count). The van der Waals surface area contributed by atoms with E-state index in [0.717, 1.165) is 22.5 Å². The molecular weight excluding hydrogens is 294 g/mol. The van der Waals surface area contributed by atoms with Gasteiger partial charge in [0.15, 0.2) is 5.60 Å². The first kappa shape index (κ1) is 16.0. The van der Waals surface area contributed by atoms with E-state index in [4.69, 9.17) is 0 Å². The minimum Gasteiger partial charge on any atom is -0.373 e. The topological polar surface area (TPSA) is 33.1 Å². The second-order valence-electron chi connectivity index (χ2n) is 5.79. The number of aromatic nitrogens is 1. The van der Waals surface area contributed by atoms with E-state index in [1.807, 2.05) is 85.8 Å². The summed E-state index contributed by atoms with van der Waals surface area (Å²) >= 11 is 0. The van der Waals surface area contributed by atoms with Crippen LogP contribution in [0.15, 0.2) is 78.9 Å². The smallest absolute Gasteiger partial charge is 0.156 e. The van der Waals surface area contributed by atoms with Crippen LogP contribution in [0.5, 0.6) is 0 Å². The summed E-state index contributed by atoms with van der Waals surface area (Å²) in [6.45, 7) is 1.95. The molecule has 3 aromatic rings. The van der Waals surface area contributed by atoms with Crippen molar-refractivity contribution in [3.05, 3.63) is 101 Å². The largest absolute Gasteiger partial charge is 0.373 e. The number of pyridine rings is 1. The molecule has 1 aromatic heterocycles. The predicted molar refractivity (Wildman–Crippen MR) is 96.3 cm³/mol. The quantitative estimate of drug-likeness (QED) is 0.745. The molecule has 1 N–H and O–H groups in total. The fraction of sp³-hybridized carbons (Fsp3) is 0.136. The van der Waals surface area contributed by atoms with Gasteiger partial charge in [-0.1, -0.05) is 66.4 Å². The van der Waals surface area contributed by atoms with Crippen molar-refractivity contribution < 1.29 is 5.11 Å². The Morgan fingerprint density at radius 3 is 2.21 bits per heavy atom. The summed E-state index contributed by atoms with van der Waals surface area (Å²) in [5, 5.41) is 11.3. The van der Waals surface area contributed by atoms with Gasteiger partial charge in [-0.3, -0.25) is 4.98 Å². The molecule has 0 radical (unpaired) electrons. The lowest BCUT2D eigenvalue weighted by Crippen LogP contribution is -2.27. The molecular formula is C22H19NO. The first-order valence-electron chi connectivity index (χ1n) is 7.94. The molecule has 0 amide bonds. The van der Waals surface area contributed by atoms with Crippen molar-refractivity contribution in [1.82, 2.24) is 4.98 Å². The number of rotatable bonds is 3. The standard InChI is InChI=1S/C22H19NO/c1-18-9-8-14-21(23-18)17-22(24,20-12-6-3-7-13-20)16-15-19-10-4-2-5-11-19/h2-14,24H,17H2,1H3/t22-/m1/s1. The van der Waals surface area contributed by atoms with Gasteiger partial charge in [0.05, 0.1) is 0 Å². The summed E-state index contributed by atoms with van der Waals surface area (Å²) in [6.07, 6.45) is 0.346. The minimum absolute atomic E-state index is 0.346. The van der Waals surface area contributed by atoms with E-state index in [1.54, 1.807) is 0 Å². The zero-order chi connectivity index (χ0) is 16.8. The van der Waals surface area contributed by atoms with E-state index in [1.165, 1.54) is 0 Å². The van der Waals surface area contributed by atoms with E-state index >= 15 is 0 Å². The number of hydrogen-bond donors (Lipinski definition) is 1. The van der Waals surface area contributed by atoms with Gasteiger partial charge >= 0.3 is 0 Å². The molecule has 1 heterocycles. The molecule has 0 saturated carbocycles. The lowest BCUT2D eigenvalue weighted by atomic mass is 9.89. The van der Waals surface area contributed by atoms with Crippen LogP contribution >= 0.6 is 0 Å². The zero-order valence-corrected chi connectivity index (χ0v) is 13.6. The average molecular weight is 313 g/mol. The second-order valence-corrected chi connectivity index (χ2v) is 5.79. The third-order valence-electron chi connectivity index (χ3n) is 3.82. The van der Waals surface area contributed by atoms with Gasteiger partial charge in [-0.15, -0.1) is 0 Å². The molecule has 0 aliphatic heterocycles. The van der Waals surface area contributed by atoms with Crippen LogP contribution in [-0.2, 0) is 12.0 Å². The molecule has 24 heavy (non-hydrogen) atoms. The molecule has 2 nitrogen and oxygen atoms in total. The highest BCUT2D eigenvalue weighted by Crippen LogP contribution is 2.25. The fourth-order valence-electron chi connectivity index (χ4n) is 2.59. The van der Waals surface area contributed by atoms with E-state index in [2.05, 4.69) is 16.8 Å². The molecule has 0 aliphatic carbocycles. The molecule has 0 bridgehead atoms. The van der Waals surface area contributed by atoms with Crippen LogP contribution in [0, 0.1) is 18.8 Å². The predicted octanol–water partition coefficient (Wildman–Crippen LogP) is 3.87. The highest BCUT2D eigenvalue weighted by molar-refractivity contribution is 5.40. The van der Waals surface area contributed by atoms with Gasteiger partial charge < -0.3 is 5.11 Å². The Kier molecular flexibility index (Phi) is 4.74. The monoisotopic (exact) mass is 313 g/mol. The maximum absolute atomic E-state index is 11.3. The maximum atomic E-state index is 11.3. The van der Waals surface area contributed by atoms with E-state index in [0.29, 0.717) is 6.42 Å². The summed E-state index contributed by atoms with van der Waals surface area (Å²) < 4.78 is 0. The van der Waals surface area contributed by atoms with Crippen LogP contribution in [0.1, 0.15) is 22.5 Å². The summed E-state index contributed by atoms with van der Waals surface area (Å²) in [7, 11) is 0. The fourth-order valence-corrected chi connectivity index (χ4v) is 2.59. The van der Waals surface area contributed by atoms with Gasteiger partial charge in [0.2, 0.25) is 0 Å². The Morgan fingerprint density at radius 2 is 1.54 bits per heavy atom. The Balaban J connectivity index is 2.00. The first-order chi connectivity index (χ1) is 11.7. The SMILES string of the molecule is Cc1cccc(C[C@](O)(C#Cc2ccccc2)c2ccccc2)n1. The van der Waals surface area contributed by atoms with Crippen LogP contribution in [-0.4, -0.2) is 10.1 Å². The molecule has 0 aliphatic rings. The Bertz CT molecular complexity index is 862. The summed E-state index contributed by atoms with van der Waals surface area (Å²) in [6, 6.07) is 25.1. The maximum Gasteiger partial charge on any atom is 0.156 e. The average Bonchev–Trinajstić information content (AvgIpc) is 2.62. The van der Waals surface area contributed by atoms with E-state index < -0.39 is 5.60 Å². The van der Waals surface area contributed by atoms with Gasteiger partial charge in [-0.05, 0) is 36.8 Å². The van der Waals surface area contributed by atoms with Crippen LogP contribution < -0.4 is 0 Å². The highest BCUT2D eigenvalue weighted by Gasteiger charge is 2.28. The third-order valence-corrected chi connectivity index (χ3v) is 3.82. The molecule has 118 valence electrons. The molecule has 0 fully saturated rings. The van der Waals surface area contributed by atoms with Crippen molar-refractivity contribution in [2.24, 2.45) is 0 Å². The van der Waals surface area contributed by atoms with Crippen LogP contribution in [0.4, 0.5) is 0 Å². The number of aryl methyl sites for hydroxylation is 1. The van der Waals surface area contributed by atoms with Crippen LogP contribution in [0.25, 0.3) is 0 Å². The minimum atomic E-state index is -1.28. The summed E-state index contributed by atoms with van der Waals surface area (Å²) in [4.78, 5) is 4.51. The summed E-state index contributed by atoms with van der Waals surface area (Å²) in [5.74, 6) is 6.15. The highest BCUT2D eigenvalue weighted by atomic mass is 16.3. The molecule has 0 spiro atoms. The van der Waals surface area contributed by atoms with Gasteiger partial charge in [0.1, 0.15) is 0 Å². The lowest BCUT2D eigenvalue weighted by molar-refractivity contribution is 0.0995.